The number of hydrogen-bond donors (Lipinski definition) is 1. The number of rotatable bonds is 2. The summed E-state index contributed by atoms with van der Waals surface area (Å²) < 4.78 is 24.5. The molecule has 0 radical (unpaired) electrons. The maximum atomic E-state index is 13.4. The topological polar surface area (TPSA) is 64.2 Å². The summed E-state index contributed by atoms with van der Waals surface area (Å²) in [6.07, 6.45) is 0.903. The van der Waals surface area contributed by atoms with Crippen molar-refractivity contribution >= 4 is 0 Å². The Hall–Kier alpha value is -2.37. The summed E-state index contributed by atoms with van der Waals surface area (Å²) in [7, 11) is 1.54. The van der Waals surface area contributed by atoms with Crippen LogP contribution in [-0.4, -0.2) is 23.2 Å². The summed E-state index contributed by atoms with van der Waals surface area (Å²) in [5.74, 6) is 0.703. The number of benzene rings is 1. The van der Waals surface area contributed by atoms with Gasteiger partial charge in [0.25, 0.3) is 5.56 Å². The van der Waals surface area contributed by atoms with E-state index in [9.17, 15) is 9.18 Å². The van der Waals surface area contributed by atoms with E-state index in [-0.39, 0.29) is 17.6 Å². The fourth-order valence-electron chi connectivity index (χ4n) is 2.49. The second-order valence-electron chi connectivity index (χ2n) is 5.11. The minimum absolute atomic E-state index is 0.0468. The quantitative estimate of drug-likeness (QED) is 0.921. The summed E-state index contributed by atoms with van der Waals surface area (Å²) in [5.41, 5.74) is 0.870. The Labute approximate surface area is 120 Å². The molecule has 2 heterocycles. The normalized spacial score (nSPS) is 16.5. The third kappa shape index (κ3) is 2.26. The monoisotopic (exact) mass is 290 g/mol. The molecule has 1 aromatic heterocycles. The number of halogens is 1. The van der Waals surface area contributed by atoms with Crippen molar-refractivity contribution in [3.63, 3.8) is 0 Å². The molecule has 110 valence electrons. The van der Waals surface area contributed by atoms with Crippen LogP contribution in [0.25, 0.3) is 11.4 Å². The van der Waals surface area contributed by atoms with Crippen molar-refractivity contribution in [1.29, 1.82) is 0 Å². The Morgan fingerprint density at radius 1 is 1.48 bits per heavy atom. The lowest BCUT2D eigenvalue weighted by Crippen LogP contribution is -2.15. The highest BCUT2D eigenvalue weighted by molar-refractivity contribution is 5.68. The SMILES string of the molecule is COc1cc2c(cc1-c1nc(C)c(F)c(=O)[nH]1)OC(C)C2. The molecular formula is C15H15FN2O3. The number of aromatic nitrogens is 2. The summed E-state index contributed by atoms with van der Waals surface area (Å²) in [6, 6.07) is 3.64. The average Bonchev–Trinajstić information content (AvgIpc) is 2.81. The number of ether oxygens (including phenoxy) is 2. The maximum Gasteiger partial charge on any atom is 0.287 e. The number of H-pyrrole nitrogens is 1. The molecule has 1 atom stereocenters. The lowest BCUT2D eigenvalue weighted by molar-refractivity contribution is 0.254. The van der Waals surface area contributed by atoms with E-state index >= 15 is 0 Å². The number of aryl methyl sites for hydroxylation is 1. The van der Waals surface area contributed by atoms with E-state index in [0.717, 1.165) is 17.7 Å². The van der Waals surface area contributed by atoms with E-state index in [1.165, 1.54) is 6.92 Å². The zero-order valence-electron chi connectivity index (χ0n) is 12.0. The second-order valence-corrected chi connectivity index (χ2v) is 5.11. The zero-order chi connectivity index (χ0) is 15.1. The first kappa shape index (κ1) is 13.6. The van der Waals surface area contributed by atoms with Gasteiger partial charge in [-0.15, -0.1) is 0 Å². The first-order valence-corrected chi connectivity index (χ1v) is 6.64. The number of nitrogens with one attached hydrogen (secondary N) is 1. The second kappa shape index (κ2) is 4.87. The minimum Gasteiger partial charge on any atom is -0.496 e. The fourth-order valence-corrected chi connectivity index (χ4v) is 2.49. The van der Waals surface area contributed by atoms with Crippen LogP contribution >= 0.6 is 0 Å². The first-order valence-electron chi connectivity index (χ1n) is 6.64. The molecule has 0 saturated carbocycles. The largest absolute Gasteiger partial charge is 0.496 e. The molecule has 0 spiro atoms. The van der Waals surface area contributed by atoms with Gasteiger partial charge in [-0.05, 0) is 26.0 Å². The summed E-state index contributed by atoms with van der Waals surface area (Å²) >= 11 is 0. The maximum absolute atomic E-state index is 13.4. The molecule has 1 unspecified atom stereocenters. The molecule has 1 N–H and O–H groups in total. The van der Waals surface area contributed by atoms with Crippen molar-refractivity contribution in [2.45, 2.75) is 26.4 Å². The summed E-state index contributed by atoms with van der Waals surface area (Å²) in [6.45, 7) is 3.43. The van der Waals surface area contributed by atoms with Gasteiger partial charge in [-0.1, -0.05) is 0 Å². The van der Waals surface area contributed by atoms with Gasteiger partial charge in [-0.2, -0.15) is 4.39 Å². The van der Waals surface area contributed by atoms with E-state index in [1.54, 1.807) is 13.2 Å². The van der Waals surface area contributed by atoms with Crippen LogP contribution in [0.2, 0.25) is 0 Å². The molecule has 0 bridgehead atoms. The first-order chi connectivity index (χ1) is 9.99. The van der Waals surface area contributed by atoms with Gasteiger partial charge in [0, 0.05) is 12.0 Å². The molecule has 5 nitrogen and oxygen atoms in total. The van der Waals surface area contributed by atoms with Crippen LogP contribution in [-0.2, 0) is 6.42 Å². The molecule has 3 rings (SSSR count). The summed E-state index contributed by atoms with van der Waals surface area (Å²) in [5, 5.41) is 0. The van der Waals surface area contributed by atoms with Crippen LogP contribution in [0.4, 0.5) is 4.39 Å². The van der Waals surface area contributed by atoms with Crippen LogP contribution in [0.15, 0.2) is 16.9 Å². The number of nitrogens with zero attached hydrogens (tertiary/aromatic N) is 1. The van der Waals surface area contributed by atoms with Crippen molar-refractivity contribution in [1.82, 2.24) is 9.97 Å². The smallest absolute Gasteiger partial charge is 0.287 e. The van der Waals surface area contributed by atoms with Crippen LogP contribution in [0.1, 0.15) is 18.2 Å². The summed E-state index contributed by atoms with van der Waals surface area (Å²) in [4.78, 5) is 18.1. The van der Waals surface area contributed by atoms with Gasteiger partial charge >= 0.3 is 0 Å². The highest BCUT2D eigenvalue weighted by Crippen LogP contribution is 2.38. The lowest BCUT2D eigenvalue weighted by Gasteiger charge is -2.11. The number of methoxy groups -OCH3 is 1. The van der Waals surface area contributed by atoms with Gasteiger partial charge in [-0.3, -0.25) is 4.79 Å². The predicted octanol–water partition coefficient (Wildman–Crippen LogP) is 2.22. The van der Waals surface area contributed by atoms with E-state index in [0.29, 0.717) is 11.3 Å². The highest BCUT2D eigenvalue weighted by Gasteiger charge is 2.23. The molecule has 2 aromatic rings. The van der Waals surface area contributed by atoms with Gasteiger partial charge in [-0.25, -0.2) is 4.98 Å². The van der Waals surface area contributed by atoms with E-state index in [2.05, 4.69) is 9.97 Å². The van der Waals surface area contributed by atoms with Gasteiger partial charge < -0.3 is 14.5 Å². The molecule has 1 aliphatic heterocycles. The minimum atomic E-state index is -0.872. The predicted molar refractivity (Wildman–Crippen MR) is 75.3 cm³/mol. The molecule has 0 saturated heterocycles. The molecule has 1 aliphatic rings. The van der Waals surface area contributed by atoms with Crippen molar-refractivity contribution < 1.29 is 13.9 Å². The highest BCUT2D eigenvalue weighted by atomic mass is 19.1. The molecular weight excluding hydrogens is 275 g/mol. The Balaban J connectivity index is 2.19. The van der Waals surface area contributed by atoms with E-state index < -0.39 is 11.4 Å². The van der Waals surface area contributed by atoms with Gasteiger partial charge in [0.05, 0.1) is 18.4 Å². The molecule has 0 aliphatic carbocycles. The van der Waals surface area contributed by atoms with Crippen LogP contribution < -0.4 is 15.0 Å². The van der Waals surface area contributed by atoms with Gasteiger partial charge in [0.15, 0.2) is 0 Å². The van der Waals surface area contributed by atoms with Crippen LogP contribution in [0.5, 0.6) is 11.5 Å². The Bertz CT molecular complexity index is 770. The molecule has 6 heteroatoms. The van der Waals surface area contributed by atoms with E-state index in [1.807, 2.05) is 13.0 Å². The van der Waals surface area contributed by atoms with Crippen LogP contribution in [0, 0.1) is 12.7 Å². The number of hydrogen-bond acceptors (Lipinski definition) is 4. The Morgan fingerprint density at radius 2 is 2.24 bits per heavy atom. The zero-order valence-corrected chi connectivity index (χ0v) is 12.0. The average molecular weight is 290 g/mol. The number of aromatic amines is 1. The van der Waals surface area contributed by atoms with Crippen molar-refractivity contribution in [3.05, 3.63) is 39.6 Å². The Morgan fingerprint density at radius 3 is 2.90 bits per heavy atom. The number of fused-ring (bicyclic) bond motifs is 1. The van der Waals surface area contributed by atoms with Crippen molar-refractivity contribution in [2.75, 3.05) is 7.11 Å². The van der Waals surface area contributed by atoms with Crippen molar-refractivity contribution in [3.8, 4) is 22.9 Å². The Kier molecular flexibility index (Phi) is 3.16. The standard InChI is InChI=1S/C15H15FN2O3/c1-7-4-9-5-12(20-3)10(6-11(9)21-7)14-17-8(2)13(16)15(19)18-14/h5-7H,4H2,1-3H3,(H,17,18,19). The molecule has 0 amide bonds. The third-order valence-corrected chi connectivity index (χ3v) is 3.50. The fraction of sp³-hybridized carbons (Fsp3) is 0.333. The lowest BCUT2D eigenvalue weighted by atomic mass is 10.1. The third-order valence-electron chi connectivity index (χ3n) is 3.50. The molecule has 0 fully saturated rings. The van der Waals surface area contributed by atoms with Crippen molar-refractivity contribution in [2.24, 2.45) is 0 Å². The van der Waals surface area contributed by atoms with Crippen LogP contribution in [0.3, 0.4) is 0 Å². The van der Waals surface area contributed by atoms with Gasteiger partial charge in [0.2, 0.25) is 5.82 Å². The van der Waals surface area contributed by atoms with Gasteiger partial charge in [0.1, 0.15) is 23.4 Å². The van der Waals surface area contributed by atoms with E-state index in [4.69, 9.17) is 9.47 Å². The molecule has 21 heavy (non-hydrogen) atoms. The molecule has 1 aromatic carbocycles.